The number of amides is 1. The van der Waals surface area contributed by atoms with Crippen LogP contribution in [0.4, 0.5) is 5.69 Å². The summed E-state index contributed by atoms with van der Waals surface area (Å²) in [6.07, 6.45) is 0. The number of rotatable bonds is 7. The highest BCUT2D eigenvalue weighted by molar-refractivity contribution is 7.92. The van der Waals surface area contributed by atoms with E-state index in [0.29, 0.717) is 11.3 Å². The van der Waals surface area contributed by atoms with Crippen molar-refractivity contribution in [2.45, 2.75) is 24.8 Å². The fraction of sp³-hybridized carbons (Fsp3) is 0.107. The van der Waals surface area contributed by atoms with Crippen LogP contribution < -0.4 is 10.0 Å². The van der Waals surface area contributed by atoms with Gasteiger partial charge < -0.3 is 5.32 Å². The van der Waals surface area contributed by atoms with E-state index in [2.05, 4.69) is 10.0 Å². The molecule has 0 bridgehead atoms. The molecule has 0 radical (unpaired) electrons. The van der Waals surface area contributed by atoms with E-state index in [-0.39, 0.29) is 22.4 Å². The van der Waals surface area contributed by atoms with Crippen LogP contribution in [0.25, 0.3) is 0 Å². The van der Waals surface area contributed by atoms with Crippen molar-refractivity contribution in [3.8, 4) is 0 Å². The summed E-state index contributed by atoms with van der Waals surface area (Å²) in [6.45, 7) is 3.72. The van der Waals surface area contributed by atoms with Gasteiger partial charge in [0.05, 0.1) is 10.9 Å². The standard InChI is InChI=1S/C28H26N2O3S/c1-20-13-16-23(17-14-20)27(22-9-5-3-6-10-22)29-28(31)24-18-15-21(2)26(19-24)34(32,33)30-25-11-7-4-8-12-25/h3-19,27,30H,1-2H3,(H,29,31). The van der Waals surface area contributed by atoms with Gasteiger partial charge in [0.25, 0.3) is 15.9 Å². The Morgan fingerprint density at radius 1 is 0.735 bits per heavy atom. The Kier molecular flexibility index (Phi) is 6.80. The molecule has 0 fully saturated rings. The van der Waals surface area contributed by atoms with Gasteiger partial charge in [-0.15, -0.1) is 0 Å². The molecule has 4 aromatic rings. The number of aryl methyl sites for hydroxylation is 2. The lowest BCUT2D eigenvalue weighted by atomic mass is 9.97. The molecule has 1 atom stereocenters. The molecule has 1 amide bonds. The Hall–Kier alpha value is -3.90. The monoisotopic (exact) mass is 470 g/mol. The number of carbonyl (C=O) groups excluding carboxylic acids is 1. The summed E-state index contributed by atoms with van der Waals surface area (Å²) < 4.78 is 28.7. The molecule has 0 saturated carbocycles. The van der Waals surface area contributed by atoms with Crippen molar-refractivity contribution in [1.82, 2.24) is 5.32 Å². The second-order valence-electron chi connectivity index (χ2n) is 8.18. The fourth-order valence-electron chi connectivity index (χ4n) is 3.73. The van der Waals surface area contributed by atoms with Crippen molar-refractivity contribution in [1.29, 1.82) is 0 Å². The third-order valence-electron chi connectivity index (χ3n) is 5.58. The average molecular weight is 471 g/mol. The third kappa shape index (κ3) is 5.35. The van der Waals surface area contributed by atoms with Crippen LogP contribution in [-0.4, -0.2) is 14.3 Å². The van der Waals surface area contributed by atoms with E-state index in [1.165, 1.54) is 6.07 Å². The van der Waals surface area contributed by atoms with E-state index >= 15 is 0 Å². The Morgan fingerprint density at radius 3 is 1.97 bits per heavy atom. The van der Waals surface area contributed by atoms with Crippen LogP contribution in [0.3, 0.4) is 0 Å². The van der Waals surface area contributed by atoms with E-state index in [4.69, 9.17) is 0 Å². The van der Waals surface area contributed by atoms with Crippen molar-refractivity contribution in [3.05, 3.63) is 131 Å². The van der Waals surface area contributed by atoms with Crippen molar-refractivity contribution >= 4 is 21.6 Å². The minimum Gasteiger partial charge on any atom is -0.341 e. The Labute approximate surface area is 200 Å². The zero-order chi connectivity index (χ0) is 24.1. The molecule has 5 nitrogen and oxygen atoms in total. The first-order valence-corrected chi connectivity index (χ1v) is 12.4. The maximum absolute atomic E-state index is 13.3. The van der Waals surface area contributed by atoms with Crippen LogP contribution in [0.5, 0.6) is 0 Å². The largest absolute Gasteiger partial charge is 0.341 e. The molecule has 1 unspecified atom stereocenters. The molecule has 0 aliphatic rings. The quantitative estimate of drug-likeness (QED) is 0.368. The van der Waals surface area contributed by atoms with E-state index in [1.54, 1.807) is 43.3 Å². The van der Waals surface area contributed by atoms with Crippen LogP contribution in [0.2, 0.25) is 0 Å². The van der Waals surface area contributed by atoms with Crippen LogP contribution in [0.1, 0.15) is 38.7 Å². The van der Waals surface area contributed by atoms with Gasteiger partial charge in [-0.3, -0.25) is 9.52 Å². The second kappa shape index (κ2) is 9.93. The average Bonchev–Trinajstić information content (AvgIpc) is 2.84. The molecular formula is C28H26N2O3S. The lowest BCUT2D eigenvalue weighted by molar-refractivity contribution is 0.0942. The van der Waals surface area contributed by atoms with Gasteiger partial charge in [0.15, 0.2) is 0 Å². The minimum absolute atomic E-state index is 0.0654. The smallest absolute Gasteiger partial charge is 0.262 e. The van der Waals surface area contributed by atoms with Crippen LogP contribution in [0.15, 0.2) is 108 Å². The highest BCUT2D eigenvalue weighted by Crippen LogP contribution is 2.25. The van der Waals surface area contributed by atoms with Crippen LogP contribution in [-0.2, 0) is 10.0 Å². The minimum atomic E-state index is -3.87. The molecule has 0 spiro atoms. The van der Waals surface area contributed by atoms with E-state index in [1.807, 2.05) is 67.6 Å². The van der Waals surface area contributed by atoms with Gasteiger partial charge in [-0.1, -0.05) is 84.4 Å². The maximum Gasteiger partial charge on any atom is 0.262 e. The number of hydrogen-bond acceptors (Lipinski definition) is 3. The van der Waals surface area contributed by atoms with E-state index in [9.17, 15) is 13.2 Å². The van der Waals surface area contributed by atoms with Gasteiger partial charge in [-0.25, -0.2) is 8.42 Å². The zero-order valence-electron chi connectivity index (χ0n) is 19.0. The van der Waals surface area contributed by atoms with Crippen molar-refractivity contribution in [2.75, 3.05) is 4.72 Å². The summed E-state index contributed by atoms with van der Waals surface area (Å²) in [6, 6.07) is 30.7. The first-order valence-electron chi connectivity index (χ1n) is 10.9. The van der Waals surface area contributed by atoms with Gasteiger partial charge >= 0.3 is 0 Å². The number of benzene rings is 4. The lowest BCUT2D eigenvalue weighted by Gasteiger charge is -2.20. The number of sulfonamides is 1. The highest BCUT2D eigenvalue weighted by Gasteiger charge is 2.22. The van der Waals surface area contributed by atoms with Crippen molar-refractivity contribution in [2.24, 2.45) is 0 Å². The maximum atomic E-state index is 13.3. The Bertz CT molecular complexity index is 1390. The van der Waals surface area contributed by atoms with Gasteiger partial charge in [0.1, 0.15) is 0 Å². The van der Waals surface area contributed by atoms with Gasteiger partial charge in [-0.05, 0) is 54.8 Å². The second-order valence-corrected chi connectivity index (χ2v) is 9.83. The molecule has 34 heavy (non-hydrogen) atoms. The molecule has 0 aliphatic heterocycles. The van der Waals surface area contributed by atoms with Gasteiger partial charge in [0.2, 0.25) is 0 Å². The number of anilines is 1. The molecule has 0 aliphatic carbocycles. The highest BCUT2D eigenvalue weighted by atomic mass is 32.2. The Balaban J connectivity index is 1.65. The summed E-state index contributed by atoms with van der Waals surface area (Å²) in [5.41, 5.74) is 4.29. The van der Waals surface area contributed by atoms with E-state index in [0.717, 1.165) is 16.7 Å². The molecule has 2 N–H and O–H groups in total. The molecule has 172 valence electrons. The van der Waals surface area contributed by atoms with Crippen LogP contribution >= 0.6 is 0 Å². The molecule has 4 aromatic carbocycles. The summed E-state index contributed by atoms with van der Waals surface area (Å²) in [7, 11) is -3.87. The number of nitrogens with one attached hydrogen (secondary N) is 2. The predicted octanol–water partition coefficient (Wildman–Crippen LogP) is 5.62. The summed E-state index contributed by atoms with van der Waals surface area (Å²) >= 11 is 0. The van der Waals surface area contributed by atoms with Crippen molar-refractivity contribution < 1.29 is 13.2 Å². The van der Waals surface area contributed by atoms with Crippen molar-refractivity contribution in [3.63, 3.8) is 0 Å². The fourth-order valence-corrected chi connectivity index (χ4v) is 5.06. The predicted molar refractivity (Wildman–Crippen MR) is 135 cm³/mol. The molecule has 6 heteroatoms. The van der Waals surface area contributed by atoms with Gasteiger partial charge in [-0.2, -0.15) is 0 Å². The van der Waals surface area contributed by atoms with Gasteiger partial charge in [0, 0.05) is 11.3 Å². The SMILES string of the molecule is Cc1ccc(C(NC(=O)c2ccc(C)c(S(=O)(=O)Nc3ccccc3)c2)c2ccccc2)cc1. The molecule has 4 rings (SSSR count). The molecule has 0 aromatic heterocycles. The summed E-state index contributed by atoms with van der Waals surface area (Å²) in [5.74, 6) is -0.356. The number of carbonyl (C=O) groups is 1. The number of para-hydroxylation sites is 1. The molecule has 0 heterocycles. The normalized spacial score (nSPS) is 12.1. The first-order chi connectivity index (χ1) is 16.3. The first kappa shape index (κ1) is 23.3. The molecular weight excluding hydrogens is 444 g/mol. The zero-order valence-corrected chi connectivity index (χ0v) is 19.8. The topological polar surface area (TPSA) is 75.3 Å². The van der Waals surface area contributed by atoms with Crippen LogP contribution in [0, 0.1) is 13.8 Å². The summed E-state index contributed by atoms with van der Waals surface area (Å²) in [5, 5.41) is 3.08. The number of hydrogen-bond donors (Lipinski definition) is 2. The molecule has 0 saturated heterocycles. The third-order valence-corrected chi connectivity index (χ3v) is 7.11. The lowest BCUT2D eigenvalue weighted by Crippen LogP contribution is -2.29. The van der Waals surface area contributed by atoms with E-state index < -0.39 is 10.0 Å². The Morgan fingerprint density at radius 2 is 1.32 bits per heavy atom. The summed E-state index contributed by atoms with van der Waals surface area (Å²) in [4.78, 5) is 13.4.